The monoisotopic (exact) mass is 329 g/mol. The van der Waals surface area contributed by atoms with Crippen molar-refractivity contribution in [2.75, 3.05) is 12.3 Å². The summed E-state index contributed by atoms with van der Waals surface area (Å²) in [6.07, 6.45) is 5.55. The molecule has 0 spiro atoms. The first-order chi connectivity index (χ1) is 8.63. The van der Waals surface area contributed by atoms with Gasteiger partial charge in [-0.1, -0.05) is 18.0 Å². The van der Waals surface area contributed by atoms with E-state index in [1.165, 1.54) is 25.7 Å². The number of rotatable bonds is 3. The number of benzene rings is 1. The van der Waals surface area contributed by atoms with Gasteiger partial charge in [-0.25, -0.2) is 0 Å². The van der Waals surface area contributed by atoms with Gasteiger partial charge in [0.2, 0.25) is 0 Å². The molecule has 2 fully saturated rings. The summed E-state index contributed by atoms with van der Waals surface area (Å²) in [6.45, 7) is 0.783. The molecule has 18 heavy (non-hydrogen) atoms. The van der Waals surface area contributed by atoms with E-state index in [9.17, 15) is 0 Å². The van der Waals surface area contributed by atoms with Crippen molar-refractivity contribution in [1.82, 2.24) is 0 Å². The van der Waals surface area contributed by atoms with Crippen LogP contribution in [0.2, 0.25) is 5.02 Å². The van der Waals surface area contributed by atoms with Gasteiger partial charge in [-0.3, -0.25) is 0 Å². The van der Waals surface area contributed by atoms with Gasteiger partial charge in [0.25, 0.3) is 0 Å². The molecule has 2 N–H and O–H groups in total. The SMILES string of the molecule is Nc1cc(Cl)cc(Br)c1OCC1CC2CCC1C2. The summed E-state index contributed by atoms with van der Waals surface area (Å²) in [6, 6.07) is 3.57. The molecule has 0 aromatic heterocycles. The van der Waals surface area contributed by atoms with Crippen molar-refractivity contribution in [1.29, 1.82) is 0 Å². The number of fused-ring (bicyclic) bond motifs is 2. The van der Waals surface area contributed by atoms with Crippen LogP contribution in [-0.4, -0.2) is 6.61 Å². The molecule has 0 amide bonds. The van der Waals surface area contributed by atoms with E-state index >= 15 is 0 Å². The fourth-order valence-electron chi connectivity index (χ4n) is 3.50. The summed E-state index contributed by atoms with van der Waals surface area (Å²) < 4.78 is 6.77. The number of nitrogens with two attached hydrogens (primary N) is 1. The maximum absolute atomic E-state index is 5.94. The maximum atomic E-state index is 5.94. The smallest absolute Gasteiger partial charge is 0.156 e. The van der Waals surface area contributed by atoms with Crippen molar-refractivity contribution in [3.63, 3.8) is 0 Å². The van der Waals surface area contributed by atoms with Crippen LogP contribution in [0.1, 0.15) is 25.7 Å². The summed E-state index contributed by atoms with van der Waals surface area (Å²) in [5.41, 5.74) is 6.55. The van der Waals surface area contributed by atoms with Crippen LogP contribution in [0.3, 0.4) is 0 Å². The molecule has 3 unspecified atom stereocenters. The van der Waals surface area contributed by atoms with Crippen LogP contribution in [0.25, 0.3) is 0 Å². The molecule has 2 saturated carbocycles. The van der Waals surface area contributed by atoms with Gasteiger partial charge in [-0.2, -0.15) is 0 Å². The predicted octanol–water partition coefficient (Wildman–Crippen LogP) is 4.50. The minimum Gasteiger partial charge on any atom is -0.490 e. The fourth-order valence-corrected chi connectivity index (χ4v) is 4.45. The third kappa shape index (κ3) is 2.35. The number of hydrogen-bond acceptors (Lipinski definition) is 2. The third-order valence-corrected chi connectivity index (χ3v) is 5.17. The van der Waals surface area contributed by atoms with Crippen LogP contribution in [0.5, 0.6) is 5.75 Å². The molecule has 0 radical (unpaired) electrons. The van der Waals surface area contributed by atoms with E-state index < -0.39 is 0 Å². The van der Waals surface area contributed by atoms with Crippen molar-refractivity contribution < 1.29 is 4.74 Å². The average Bonchev–Trinajstić information content (AvgIpc) is 2.89. The molecule has 3 rings (SSSR count). The van der Waals surface area contributed by atoms with Crippen molar-refractivity contribution in [3.8, 4) is 5.75 Å². The van der Waals surface area contributed by atoms with Gasteiger partial charge in [0.15, 0.2) is 5.75 Å². The van der Waals surface area contributed by atoms with Crippen molar-refractivity contribution in [3.05, 3.63) is 21.6 Å². The van der Waals surface area contributed by atoms with Gasteiger partial charge in [0, 0.05) is 5.02 Å². The number of hydrogen-bond donors (Lipinski definition) is 1. The predicted molar refractivity (Wildman–Crippen MR) is 78.0 cm³/mol. The van der Waals surface area contributed by atoms with Crippen molar-refractivity contribution >= 4 is 33.2 Å². The van der Waals surface area contributed by atoms with Crippen LogP contribution in [-0.2, 0) is 0 Å². The first-order valence-corrected chi connectivity index (χ1v) is 7.68. The van der Waals surface area contributed by atoms with Gasteiger partial charge in [0.05, 0.1) is 16.8 Å². The van der Waals surface area contributed by atoms with E-state index in [0.29, 0.717) is 16.6 Å². The van der Waals surface area contributed by atoms with Gasteiger partial charge in [0.1, 0.15) is 0 Å². The lowest BCUT2D eigenvalue weighted by atomic mass is 9.89. The highest BCUT2D eigenvalue weighted by molar-refractivity contribution is 9.10. The Morgan fingerprint density at radius 1 is 1.33 bits per heavy atom. The Morgan fingerprint density at radius 2 is 2.17 bits per heavy atom. The molecule has 2 bridgehead atoms. The summed E-state index contributed by atoms with van der Waals surface area (Å²) in [5.74, 6) is 3.28. The number of halogens is 2. The lowest BCUT2D eigenvalue weighted by Gasteiger charge is -2.22. The molecule has 1 aromatic carbocycles. The zero-order valence-corrected chi connectivity index (χ0v) is 12.5. The molecule has 0 aliphatic heterocycles. The standard InChI is InChI=1S/C14H17BrClNO/c15-12-5-11(16)6-13(17)14(12)18-7-10-4-8-1-2-9(10)3-8/h5-6,8-10H,1-4,7,17H2. The molecule has 0 heterocycles. The van der Waals surface area contributed by atoms with Gasteiger partial charge >= 0.3 is 0 Å². The summed E-state index contributed by atoms with van der Waals surface area (Å²) in [4.78, 5) is 0. The Hall–Kier alpha value is -0.410. The molecule has 2 aliphatic carbocycles. The van der Waals surface area contributed by atoms with Crippen molar-refractivity contribution in [2.24, 2.45) is 17.8 Å². The minimum absolute atomic E-state index is 0.609. The molecule has 2 nitrogen and oxygen atoms in total. The first-order valence-electron chi connectivity index (χ1n) is 6.51. The van der Waals surface area contributed by atoms with Crippen LogP contribution < -0.4 is 10.5 Å². The Bertz CT molecular complexity index is 442. The van der Waals surface area contributed by atoms with Crippen LogP contribution in [0.15, 0.2) is 16.6 Å². The highest BCUT2D eigenvalue weighted by Crippen LogP contribution is 2.48. The second-order valence-electron chi connectivity index (χ2n) is 5.55. The lowest BCUT2D eigenvalue weighted by Crippen LogP contribution is -2.19. The van der Waals surface area contributed by atoms with Crippen LogP contribution in [0.4, 0.5) is 5.69 Å². The van der Waals surface area contributed by atoms with Gasteiger partial charge in [-0.05, 0) is 65.1 Å². The quantitative estimate of drug-likeness (QED) is 0.828. The molecular formula is C14H17BrClNO. The molecular weight excluding hydrogens is 314 g/mol. The molecule has 4 heteroatoms. The number of ether oxygens (including phenoxy) is 1. The largest absolute Gasteiger partial charge is 0.490 e. The summed E-state index contributed by atoms with van der Waals surface area (Å²) >= 11 is 9.39. The first kappa shape index (κ1) is 12.6. The summed E-state index contributed by atoms with van der Waals surface area (Å²) in [5, 5.41) is 0.631. The molecule has 2 aliphatic rings. The zero-order chi connectivity index (χ0) is 12.7. The zero-order valence-electron chi connectivity index (χ0n) is 10.2. The number of anilines is 1. The highest BCUT2D eigenvalue weighted by Gasteiger charge is 2.39. The Labute approximate surface area is 121 Å². The second-order valence-corrected chi connectivity index (χ2v) is 6.84. The lowest BCUT2D eigenvalue weighted by molar-refractivity contribution is 0.195. The van der Waals surface area contributed by atoms with Gasteiger partial charge in [-0.15, -0.1) is 0 Å². The van der Waals surface area contributed by atoms with E-state index in [4.69, 9.17) is 22.1 Å². The van der Waals surface area contributed by atoms with Crippen molar-refractivity contribution in [2.45, 2.75) is 25.7 Å². The molecule has 0 saturated heterocycles. The highest BCUT2D eigenvalue weighted by atomic mass is 79.9. The Balaban J connectivity index is 1.67. The van der Waals surface area contributed by atoms with E-state index in [2.05, 4.69) is 15.9 Å². The topological polar surface area (TPSA) is 35.2 Å². The number of nitrogen functional groups attached to an aromatic ring is 1. The Morgan fingerprint density at radius 3 is 2.78 bits per heavy atom. The van der Waals surface area contributed by atoms with E-state index in [1.807, 2.05) is 6.07 Å². The van der Waals surface area contributed by atoms with E-state index in [-0.39, 0.29) is 0 Å². The second kappa shape index (κ2) is 4.93. The molecule has 3 atom stereocenters. The maximum Gasteiger partial charge on any atom is 0.156 e. The van der Waals surface area contributed by atoms with Crippen LogP contribution in [0, 0.1) is 17.8 Å². The summed E-state index contributed by atoms with van der Waals surface area (Å²) in [7, 11) is 0. The average molecular weight is 331 g/mol. The van der Waals surface area contributed by atoms with Gasteiger partial charge < -0.3 is 10.5 Å². The van der Waals surface area contributed by atoms with E-state index in [0.717, 1.165) is 28.7 Å². The van der Waals surface area contributed by atoms with E-state index in [1.54, 1.807) is 6.07 Å². The fraction of sp³-hybridized carbons (Fsp3) is 0.571. The van der Waals surface area contributed by atoms with Crippen LogP contribution >= 0.6 is 27.5 Å². The molecule has 1 aromatic rings. The normalized spacial score (nSPS) is 29.8. The third-order valence-electron chi connectivity index (χ3n) is 4.36. The minimum atomic E-state index is 0.609. The molecule has 98 valence electrons. The Kier molecular flexibility index (Phi) is 3.46.